The van der Waals surface area contributed by atoms with E-state index in [0.29, 0.717) is 0 Å². The summed E-state index contributed by atoms with van der Waals surface area (Å²) < 4.78 is 0.977. The van der Waals surface area contributed by atoms with E-state index >= 15 is 0 Å². The van der Waals surface area contributed by atoms with Crippen molar-refractivity contribution in [3.63, 3.8) is 0 Å². The Morgan fingerprint density at radius 2 is 1.73 bits per heavy atom. The van der Waals surface area contributed by atoms with E-state index in [1.54, 1.807) is 23.1 Å². The summed E-state index contributed by atoms with van der Waals surface area (Å²) in [6.45, 7) is 2.16. The number of aromatic nitrogens is 2. The first kappa shape index (κ1) is 17.1. The quantitative estimate of drug-likeness (QED) is 0.401. The van der Waals surface area contributed by atoms with Crippen LogP contribution in [-0.4, -0.2) is 10.2 Å². The molecule has 26 heavy (non-hydrogen) atoms. The van der Waals surface area contributed by atoms with Gasteiger partial charge in [-0.1, -0.05) is 84.6 Å². The smallest absolute Gasteiger partial charge is 0.210 e. The lowest BCUT2D eigenvalue weighted by Gasteiger charge is -2.04. The topological polar surface area (TPSA) is 37.8 Å². The third-order valence-electron chi connectivity index (χ3n) is 4.25. The lowest BCUT2D eigenvalue weighted by atomic mass is 10.1. The molecule has 0 aliphatic rings. The Labute approximate surface area is 161 Å². The molecule has 0 aliphatic heterocycles. The minimum absolute atomic E-state index is 0.828. The fourth-order valence-corrected chi connectivity index (χ4v) is 4.60. The summed E-state index contributed by atoms with van der Waals surface area (Å²) in [5.74, 6) is 0.890. The zero-order chi connectivity index (χ0) is 17.8. The molecule has 4 aromatic rings. The Balaban J connectivity index is 1.43. The molecule has 0 aliphatic carbocycles. The van der Waals surface area contributed by atoms with Crippen LogP contribution in [-0.2, 0) is 12.2 Å². The molecule has 0 radical (unpaired) electrons. The molecule has 0 saturated carbocycles. The number of fused-ring (bicyclic) bond motifs is 1. The molecule has 0 spiro atoms. The highest BCUT2D eigenvalue weighted by Gasteiger charge is 2.07. The molecule has 4 rings (SSSR count). The van der Waals surface area contributed by atoms with Crippen LogP contribution >= 0.6 is 23.1 Å². The molecule has 3 aromatic carbocycles. The average molecular weight is 378 g/mol. The maximum Gasteiger partial charge on any atom is 0.210 e. The third-order valence-corrected chi connectivity index (χ3v) is 6.27. The normalized spacial score (nSPS) is 11.0. The Bertz CT molecular complexity index is 1000. The summed E-state index contributed by atoms with van der Waals surface area (Å²) >= 11 is 3.32. The van der Waals surface area contributed by atoms with Gasteiger partial charge in [-0.15, -0.1) is 10.2 Å². The van der Waals surface area contributed by atoms with Crippen molar-refractivity contribution in [2.45, 2.75) is 23.4 Å². The maximum absolute atomic E-state index is 4.31. The van der Waals surface area contributed by atoms with Gasteiger partial charge in [-0.25, -0.2) is 0 Å². The zero-order valence-corrected chi connectivity index (χ0v) is 16.1. The molecule has 0 atom stereocenters. The van der Waals surface area contributed by atoms with Crippen molar-refractivity contribution in [1.29, 1.82) is 0 Å². The van der Waals surface area contributed by atoms with Gasteiger partial charge in [0.15, 0.2) is 4.34 Å². The van der Waals surface area contributed by atoms with E-state index in [4.69, 9.17) is 0 Å². The van der Waals surface area contributed by atoms with Crippen molar-refractivity contribution in [1.82, 2.24) is 10.2 Å². The number of anilines is 2. The molecular weight excluding hydrogens is 358 g/mol. The zero-order valence-electron chi connectivity index (χ0n) is 14.5. The highest BCUT2D eigenvalue weighted by atomic mass is 32.2. The standard InChI is InChI=1S/C21H19N3S2/c1-2-15-10-12-18(13-11-15)22-20-23-24-21(26-20)25-14-17-8-5-7-16-6-3-4-9-19(16)17/h3-13H,2,14H2,1H3,(H,22,23). The van der Waals surface area contributed by atoms with Crippen molar-refractivity contribution in [3.8, 4) is 0 Å². The van der Waals surface area contributed by atoms with Crippen molar-refractivity contribution < 1.29 is 0 Å². The van der Waals surface area contributed by atoms with Gasteiger partial charge in [-0.05, 0) is 40.5 Å². The molecule has 0 fully saturated rings. The molecular formula is C21H19N3S2. The van der Waals surface area contributed by atoms with Crippen LogP contribution in [0.5, 0.6) is 0 Å². The molecule has 0 saturated heterocycles. The fraction of sp³-hybridized carbons (Fsp3) is 0.143. The van der Waals surface area contributed by atoms with Crippen LogP contribution in [0.1, 0.15) is 18.1 Å². The first-order valence-electron chi connectivity index (χ1n) is 8.61. The van der Waals surface area contributed by atoms with Gasteiger partial charge in [0.2, 0.25) is 5.13 Å². The molecule has 1 heterocycles. The summed E-state index contributed by atoms with van der Waals surface area (Å²) in [4.78, 5) is 0. The monoisotopic (exact) mass is 377 g/mol. The van der Waals surface area contributed by atoms with Crippen LogP contribution in [0.4, 0.5) is 10.8 Å². The van der Waals surface area contributed by atoms with Crippen LogP contribution in [0.3, 0.4) is 0 Å². The number of thioether (sulfide) groups is 1. The number of aryl methyl sites for hydroxylation is 1. The summed E-state index contributed by atoms with van der Waals surface area (Å²) in [5, 5.41) is 15.3. The summed E-state index contributed by atoms with van der Waals surface area (Å²) in [6.07, 6.45) is 1.05. The molecule has 0 unspecified atom stereocenters. The van der Waals surface area contributed by atoms with E-state index in [1.807, 2.05) is 0 Å². The summed E-state index contributed by atoms with van der Waals surface area (Å²) in [5.41, 5.74) is 3.70. The second kappa shape index (κ2) is 7.89. The van der Waals surface area contributed by atoms with E-state index in [-0.39, 0.29) is 0 Å². The predicted molar refractivity (Wildman–Crippen MR) is 113 cm³/mol. The van der Waals surface area contributed by atoms with Gasteiger partial charge in [0.1, 0.15) is 0 Å². The minimum atomic E-state index is 0.828. The lowest BCUT2D eigenvalue weighted by molar-refractivity contribution is 1.01. The summed E-state index contributed by atoms with van der Waals surface area (Å²) in [7, 11) is 0. The van der Waals surface area contributed by atoms with Crippen molar-refractivity contribution >= 4 is 44.7 Å². The number of hydrogen-bond donors (Lipinski definition) is 1. The largest absolute Gasteiger partial charge is 0.330 e. The van der Waals surface area contributed by atoms with E-state index in [9.17, 15) is 0 Å². The minimum Gasteiger partial charge on any atom is -0.330 e. The second-order valence-corrected chi connectivity index (χ2v) is 8.18. The number of nitrogens with one attached hydrogen (secondary N) is 1. The number of rotatable bonds is 6. The highest BCUT2D eigenvalue weighted by Crippen LogP contribution is 2.31. The predicted octanol–water partition coefficient (Wildman–Crippen LogP) is 6.29. The number of hydrogen-bond acceptors (Lipinski definition) is 5. The van der Waals surface area contributed by atoms with E-state index in [0.717, 1.165) is 27.3 Å². The average Bonchev–Trinajstić information content (AvgIpc) is 3.14. The Morgan fingerprint density at radius 3 is 2.58 bits per heavy atom. The molecule has 5 heteroatoms. The van der Waals surface area contributed by atoms with Crippen LogP contribution < -0.4 is 5.32 Å². The molecule has 1 aromatic heterocycles. The molecule has 130 valence electrons. The summed E-state index contributed by atoms with van der Waals surface area (Å²) in [6, 6.07) is 23.4. The molecule has 1 N–H and O–H groups in total. The first-order valence-corrected chi connectivity index (χ1v) is 10.4. The van der Waals surface area contributed by atoms with Crippen LogP contribution in [0.15, 0.2) is 71.1 Å². The molecule has 3 nitrogen and oxygen atoms in total. The van der Waals surface area contributed by atoms with E-state index in [2.05, 4.69) is 89.2 Å². The third kappa shape index (κ3) is 3.89. The van der Waals surface area contributed by atoms with Gasteiger partial charge in [0, 0.05) is 11.4 Å². The highest BCUT2D eigenvalue weighted by molar-refractivity contribution is 8.00. The molecule has 0 bridgehead atoms. The Kier molecular flexibility index (Phi) is 5.18. The molecule has 0 amide bonds. The fourth-order valence-electron chi connectivity index (χ4n) is 2.82. The van der Waals surface area contributed by atoms with Crippen LogP contribution in [0.25, 0.3) is 10.8 Å². The maximum atomic E-state index is 4.31. The van der Waals surface area contributed by atoms with E-state index < -0.39 is 0 Å². The number of benzene rings is 3. The SMILES string of the molecule is CCc1ccc(Nc2nnc(SCc3cccc4ccccc34)s2)cc1. The Hall–Kier alpha value is -2.37. The van der Waals surface area contributed by atoms with Gasteiger partial charge >= 0.3 is 0 Å². The van der Waals surface area contributed by atoms with Gasteiger partial charge < -0.3 is 5.32 Å². The van der Waals surface area contributed by atoms with Crippen molar-refractivity contribution in [3.05, 3.63) is 77.9 Å². The van der Waals surface area contributed by atoms with Crippen LogP contribution in [0.2, 0.25) is 0 Å². The van der Waals surface area contributed by atoms with Gasteiger partial charge in [-0.2, -0.15) is 0 Å². The Morgan fingerprint density at radius 1 is 0.923 bits per heavy atom. The van der Waals surface area contributed by atoms with E-state index in [1.165, 1.54) is 21.9 Å². The first-order chi connectivity index (χ1) is 12.8. The van der Waals surface area contributed by atoms with Gasteiger partial charge in [0.25, 0.3) is 0 Å². The second-order valence-electron chi connectivity index (χ2n) is 5.98. The van der Waals surface area contributed by atoms with Crippen LogP contribution in [0, 0.1) is 0 Å². The van der Waals surface area contributed by atoms with Crippen molar-refractivity contribution in [2.75, 3.05) is 5.32 Å². The van der Waals surface area contributed by atoms with Gasteiger partial charge in [0.05, 0.1) is 0 Å². The lowest BCUT2D eigenvalue weighted by Crippen LogP contribution is -1.89. The van der Waals surface area contributed by atoms with Gasteiger partial charge in [-0.3, -0.25) is 0 Å². The number of nitrogens with zero attached hydrogens (tertiary/aromatic N) is 2. The van der Waals surface area contributed by atoms with Crippen molar-refractivity contribution in [2.24, 2.45) is 0 Å².